The van der Waals surface area contributed by atoms with Gasteiger partial charge in [-0.1, -0.05) is 18.7 Å². The van der Waals surface area contributed by atoms with Gasteiger partial charge in [0.25, 0.3) is 0 Å². The lowest BCUT2D eigenvalue weighted by molar-refractivity contribution is 0.144. The summed E-state index contributed by atoms with van der Waals surface area (Å²) in [5.41, 5.74) is 0.388. The van der Waals surface area contributed by atoms with Gasteiger partial charge in [0.15, 0.2) is 0 Å². The Morgan fingerprint density at radius 1 is 1.31 bits per heavy atom. The van der Waals surface area contributed by atoms with E-state index in [1.165, 1.54) is 12.1 Å². The highest BCUT2D eigenvalue weighted by Crippen LogP contribution is 2.24. The lowest BCUT2D eigenvalue weighted by atomic mass is 9.93. The number of hydrogen-bond donors (Lipinski definition) is 1. The third-order valence-corrected chi connectivity index (χ3v) is 1.93. The minimum Gasteiger partial charge on any atom is -0.386 e. The SMILES string of the molecule is C=C(c1ccc(F)cc1)C(C)(C)O. The van der Waals surface area contributed by atoms with Crippen molar-refractivity contribution in [2.45, 2.75) is 19.4 Å². The van der Waals surface area contributed by atoms with E-state index in [0.29, 0.717) is 5.57 Å². The average molecular weight is 180 g/mol. The second kappa shape index (κ2) is 3.30. The molecule has 0 aliphatic rings. The first-order valence-corrected chi connectivity index (χ1v) is 4.09. The maximum absolute atomic E-state index is 12.6. The van der Waals surface area contributed by atoms with Crippen LogP contribution in [0.3, 0.4) is 0 Å². The summed E-state index contributed by atoms with van der Waals surface area (Å²) in [7, 11) is 0. The molecule has 1 nitrogen and oxygen atoms in total. The Hall–Kier alpha value is -1.15. The third-order valence-electron chi connectivity index (χ3n) is 1.93. The van der Waals surface area contributed by atoms with Crippen LogP contribution in [0, 0.1) is 5.82 Å². The number of hydrogen-bond acceptors (Lipinski definition) is 1. The van der Waals surface area contributed by atoms with Gasteiger partial charge in [0.1, 0.15) is 5.82 Å². The molecule has 0 aliphatic heterocycles. The molecule has 70 valence electrons. The van der Waals surface area contributed by atoms with E-state index in [-0.39, 0.29) is 5.82 Å². The standard InChI is InChI=1S/C11H13FO/c1-8(11(2,3)13)9-4-6-10(12)7-5-9/h4-7,13H,1H2,2-3H3. The summed E-state index contributed by atoms with van der Waals surface area (Å²) >= 11 is 0. The molecule has 1 N–H and O–H groups in total. The van der Waals surface area contributed by atoms with Gasteiger partial charge in [-0.05, 0) is 37.1 Å². The zero-order valence-corrected chi connectivity index (χ0v) is 7.84. The minimum atomic E-state index is -0.960. The van der Waals surface area contributed by atoms with Crippen molar-refractivity contribution in [3.8, 4) is 0 Å². The predicted molar refractivity (Wildman–Crippen MR) is 51.7 cm³/mol. The molecule has 1 aromatic rings. The van der Waals surface area contributed by atoms with Crippen molar-refractivity contribution < 1.29 is 9.50 Å². The number of rotatable bonds is 2. The summed E-state index contributed by atoms with van der Waals surface area (Å²) < 4.78 is 12.6. The van der Waals surface area contributed by atoms with Crippen LogP contribution >= 0.6 is 0 Å². The van der Waals surface area contributed by atoms with Gasteiger partial charge in [-0.3, -0.25) is 0 Å². The van der Waals surface area contributed by atoms with Crippen LogP contribution in [0.15, 0.2) is 30.8 Å². The van der Waals surface area contributed by atoms with Gasteiger partial charge in [-0.25, -0.2) is 4.39 Å². The highest BCUT2D eigenvalue weighted by Gasteiger charge is 2.18. The van der Waals surface area contributed by atoms with Crippen molar-refractivity contribution in [1.29, 1.82) is 0 Å². The quantitative estimate of drug-likeness (QED) is 0.741. The van der Waals surface area contributed by atoms with Crippen LogP contribution in [0.4, 0.5) is 4.39 Å². The van der Waals surface area contributed by atoms with Gasteiger partial charge in [0, 0.05) is 0 Å². The van der Waals surface area contributed by atoms with Gasteiger partial charge >= 0.3 is 0 Å². The summed E-state index contributed by atoms with van der Waals surface area (Å²) in [5, 5.41) is 9.62. The van der Waals surface area contributed by atoms with Crippen LogP contribution < -0.4 is 0 Å². The molecule has 0 radical (unpaired) electrons. The summed E-state index contributed by atoms with van der Waals surface area (Å²) in [4.78, 5) is 0. The first-order valence-electron chi connectivity index (χ1n) is 4.09. The molecule has 0 bridgehead atoms. The predicted octanol–water partition coefficient (Wildman–Crippen LogP) is 2.61. The van der Waals surface area contributed by atoms with E-state index >= 15 is 0 Å². The summed E-state index contributed by atoms with van der Waals surface area (Å²) in [5.74, 6) is -0.285. The number of benzene rings is 1. The highest BCUT2D eigenvalue weighted by atomic mass is 19.1. The Morgan fingerprint density at radius 2 is 1.77 bits per heavy atom. The van der Waals surface area contributed by atoms with Gasteiger partial charge in [0.2, 0.25) is 0 Å². The molecule has 1 aromatic carbocycles. The molecule has 1 rings (SSSR count). The maximum Gasteiger partial charge on any atom is 0.123 e. The van der Waals surface area contributed by atoms with Crippen molar-refractivity contribution in [3.05, 3.63) is 42.2 Å². The first-order chi connectivity index (χ1) is 5.91. The highest BCUT2D eigenvalue weighted by molar-refractivity contribution is 5.69. The molecule has 0 fully saturated rings. The Morgan fingerprint density at radius 3 is 2.15 bits per heavy atom. The van der Waals surface area contributed by atoms with Crippen LogP contribution in [-0.4, -0.2) is 10.7 Å². The molecule has 0 heterocycles. The molecule has 0 amide bonds. The zero-order chi connectivity index (χ0) is 10.1. The van der Waals surface area contributed by atoms with E-state index in [9.17, 15) is 9.50 Å². The second-order valence-corrected chi connectivity index (χ2v) is 3.54. The van der Waals surface area contributed by atoms with E-state index in [2.05, 4.69) is 6.58 Å². The Kier molecular flexibility index (Phi) is 2.52. The molecule has 13 heavy (non-hydrogen) atoms. The van der Waals surface area contributed by atoms with Gasteiger partial charge < -0.3 is 5.11 Å². The zero-order valence-electron chi connectivity index (χ0n) is 7.84. The van der Waals surface area contributed by atoms with Crippen LogP contribution in [0.5, 0.6) is 0 Å². The van der Waals surface area contributed by atoms with Crippen molar-refractivity contribution in [2.75, 3.05) is 0 Å². The third kappa shape index (κ3) is 2.39. The molecule has 0 aliphatic carbocycles. The van der Waals surface area contributed by atoms with Crippen molar-refractivity contribution in [3.63, 3.8) is 0 Å². The van der Waals surface area contributed by atoms with Crippen LogP contribution in [0.25, 0.3) is 5.57 Å². The van der Waals surface area contributed by atoms with Crippen LogP contribution in [0.2, 0.25) is 0 Å². The molecule has 2 heteroatoms. The van der Waals surface area contributed by atoms with Crippen molar-refractivity contribution >= 4 is 5.57 Å². The Labute approximate surface area is 77.5 Å². The van der Waals surface area contributed by atoms with E-state index in [0.717, 1.165) is 5.56 Å². The van der Waals surface area contributed by atoms with Gasteiger partial charge in [-0.2, -0.15) is 0 Å². The minimum absolute atomic E-state index is 0.285. The molecule has 0 spiro atoms. The molecule has 0 saturated heterocycles. The normalized spacial score (nSPS) is 11.4. The molecular formula is C11H13FO. The van der Waals surface area contributed by atoms with E-state index in [1.807, 2.05) is 0 Å². The molecule has 0 atom stereocenters. The summed E-state index contributed by atoms with van der Waals surface area (Å²) in [6.07, 6.45) is 0. The van der Waals surface area contributed by atoms with Crippen molar-refractivity contribution in [1.82, 2.24) is 0 Å². The summed E-state index contributed by atoms with van der Waals surface area (Å²) in [6, 6.07) is 5.92. The Bertz CT molecular complexity index is 306. The average Bonchev–Trinajstić information content (AvgIpc) is 2.03. The van der Waals surface area contributed by atoms with E-state index < -0.39 is 5.60 Å². The fourth-order valence-electron chi connectivity index (χ4n) is 1.00. The van der Waals surface area contributed by atoms with Crippen LogP contribution in [0.1, 0.15) is 19.4 Å². The lowest BCUT2D eigenvalue weighted by Crippen LogP contribution is -2.19. The first kappa shape index (κ1) is 9.93. The molecular weight excluding hydrogens is 167 g/mol. The fourth-order valence-corrected chi connectivity index (χ4v) is 1.00. The molecule has 0 aromatic heterocycles. The smallest absolute Gasteiger partial charge is 0.123 e. The maximum atomic E-state index is 12.6. The monoisotopic (exact) mass is 180 g/mol. The van der Waals surface area contributed by atoms with E-state index in [1.54, 1.807) is 26.0 Å². The molecule has 0 saturated carbocycles. The summed E-state index contributed by atoms with van der Waals surface area (Å²) in [6.45, 7) is 7.06. The molecule has 0 unspecified atom stereocenters. The number of aliphatic hydroxyl groups is 1. The number of halogens is 1. The Balaban J connectivity index is 2.97. The van der Waals surface area contributed by atoms with E-state index in [4.69, 9.17) is 0 Å². The van der Waals surface area contributed by atoms with Gasteiger partial charge in [-0.15, -0.1) is 0 Å². The fraction of sp³-hybridized carbons (Fsp3) is 0.273. The van der Waals surface area contributed by atoms with Crippen molar-refractivity contribution in [2.24, 2.45) is 0 Å². The van der Waals surface area contributed by atoms with Gasteiger partial charge in [0.05, 0.1) is 5.60 Å². The topological polar surface area (TPSA) is 20.2 Å². The largest absolute Gasteiger partial charge is 0.386 e. The van der Waals surface area contributed by atoms with Crippen LogP contribution in [-0.2, 0) is 0 Å². The second-order valence-electron chi connectivity index (χ2n) is 3.54. The lowest BCUT2D eigenvalue weighted by Gasteiger charge is -2.20.